The normalized spacial score (nSPS) is 14.5. The molecule has 0 spiro atoms. The van der Waals surface area contributed by atoms with Gasteiger partial charge in [0.05, 0.1) is 10.5 Å². The number of nitrogens with one attached hydrogen (secondary N) is 2. The van der Waals surface area contributed by atoms with Crippen LogP contribution in [0.5, 0.6) is 0 Å². The summed E-state index contributed by atoms with van der Waals surface area (Å²) in [6.07, 6.45) is 5.42. The van der Waals surface area contributed by atoms with Gasteiger partial charge in [0.15, 0.2) is 0 Å². The van der Waals surface area contributed by atoms with E-state index < -0.39 is 16.0 Å². The first-order valence-corrected chi connectivity index (χ1v) is 10.4. The maximum atomic E-state index is 12.8. The highest BCUT2D eigenvalue weighted by atomic mass is 32.2. The van der Waals surface area contributed by atoms with Gasteiger partial charge in [-0.15, -0.1) is 0 Å². The highest BCUT2D eigenvalue weighted by molar-refractivity contribution is 7.92. The van der Waals surface area contributed by atoms with Gasteiger partial charge in [0.25, 0.3) is 10.0 Å². The van der Waals surface area contributed by atoms with Crippen LogP contribution >= 0.6 is 0 Å². The molecular formula is C20H20N2O4S. The number of H-pyrrole nitrogens is 1. The van der Waals surface area contributed by atoms with Gasteiger partial charge in [0, 0.05) is 22.3 Å². The van der Waals surface area contributed by atoms with Crippen LogP contribution < -0.4 is 4.72 Å². The third kappa shape index (κ3) is 3.42. The highest BCUT2D eigenvalue weighted by Gasteiger charge is 2.19. The third-order valence-corrected chi connectivity index (χ3v) is 6.39. The molecule has 0 radical (unpaired) electrons. The molecule has 0 atom stereocenters. The summed E-state index contributed by atoms with van der Waals surface area (Å²) in [5.41, 5.74) is 3.84. The van der Waals surface area contributed by atoms with Gasteiger partial charge < -0.3 is 10.1 Å². The molecule has 0 saturated heterocycles. The van der Waals surface area contributed by atoms with Gasteiger partial charge in [0.1, 0.15) is 0 Å². The summed E-state index contributed by atoms with van der Waals surface area (Å²) in [6.45, 7) is 0. The quantitative estimate of drug-likeness (QED) is 0.593. The van der Waals surface area contributed by atoms with Crippen molar-refractivity contribution in [1.29, 1.82) is 0 Å². The molecule has 0 amide bonds. The SMILES string of the molecule is O=C(O)c1ccc(NS(=O)(=O)c2ccc3[nH]c4c(c3c2)CCCCC4)cc1. The van der Waals surface area contributed by atoms with Gasteiger partial charge in [0.2, 0.25) is 0 Å². The second kappa shape index (κ2) is 6.74. The van der Waals surface area contributed by atoms with E-state index in [0.717, 1.165) is 36.6 Å². The summed E-state index contributed by atoms with van der Waals surface area (Å²) >= 11 is 0. The number of aryl methyl sites for hydroxylation is 2. The van der Waals surface area contributed by atoms with Gasteiger partial charge in [-0.05, 0) is 73.7 Å². The fourth-order valence-corrected chi connectivity index (χ4v) is 4.71. The maximum absolute atomic E-state index is 12.8. The minimum Gasteiger partial charge on any atom is -0.478 e. The molecule has 6 nitrogen and oxygen atoms in total. The zero-order chi connectivity index (χ0) is 19.0. The van der Waals surface area contributed by atoms with Crippen LogP contribution in [0.15, 0.2) is 47.4 Å². The number of aromatic nitrogens is 1. The van der Waals surface area contributed by atoms with Crippen molar-refractivity contribution in [2.24, 2.45) is 0 Å². The van der Waals surface area contributed by atoms with Crippen LogP contribution in [-0.4, -0.2) is 24.5 Å². The van der Waals surface area contributed by atoms with E-state index >= 15 is 0 Å². The van der Waals surface area contributed by atoms with Crippen molar-refractivity contribution in [1.82, 2.24) is 4.98 Å². The molecule has 0 fully saturated rings. The molecule has 1 aliphatic rings. The van der Waals surface area contributed by atoms with Crippen molar-refractivity contribution in [2.75, 3.05) is 4.72 Å². The number of benzene rings is 2. The standard InChI is InChI=1S/C20H20N2O4S/c23-20(24)13-6-8-14(9-7-13)22-27(25,26)15-10-11-19-17(12-15)16-4-2-1-3-5-18(16)21-19/h6-12,21-22H,1-5H2,(H,23,24). The molecule has 1 aromatic heterocycles. The van der Waals surface area contributed by atoms with Crippen molar-refractivity contribution in [2.45, 2.75) is 37.0 Å². The number of hydrogen-bond donors (Lipinski definition) is 3. The van der Waals surface area contributed by atoms with E-state index in [9.17, 15) is 13.2 Å². The average Bonchev–Trinajstić information content (AvgIpc) is 2.82. The Labute approximate surface area is 157 Å². The fraction of sp³-hybridized carbons (Fsp3) is 0.250. The molecule has 0 aliphatic heterocycles. The Kier molecular flexibility index (Phi) is 4.39. The van der Waals surface area contributed by atoms with Crippen LogP contribution in [0.4, 0.5) is 5.69 Å². The summed E-state index contributed by atoms with van der Waals surface area (Å²) in [7, 11) is -3.76. The molecule has 27 heavy (non-hydrogen) atoms. The predicted octanol–water partition coefficient (Wildman–Crippen LogP) is 3.94. The second-order valence-corrected chi connectivity index (χ2v) is 8.52. The fourth-order valence-electron chi connectivity index (χ4n) is 3.62. The number of rotatable bonds is 4. The molecule has 0 bridgehead atoms. The Morgan fingerprint density at radius 3 is 2.48 bits per heavy atom. The van der Waals surface area contributed by atoms with Crippen LogP contribution in [0.1, 0.15) is 40.9 Å². The van der Waals surface area contributed by atoms with E-state index in [-0.39, 0.29) is 10.5 Å². The van der Waals surface area contributed by atoms with E-state index in [1.807, 2.05) is 6.07 Å². The average molecular weight is 384 g/mol. The molecule has 0 unspecified atom stereocenters. The number of carboxylic acid groups (broad SMARTS) is 1. The van der Waals surface area contributed by atoms with Crippen molar-refractivity contribution in [3.05, 3.63) is 59.3 Å². The van der Waals surface area contributed by atoms with E-state index in [2.05, 4.69) is 9.71 Å². The number of anilines is 1. The zero-order valence-electron chi connectivity index (χ0n) is 14.7. The first-order chi connectivity index (χ1) is 12.9. The number of carbonyl (C=O) groups is 1. The smallest absolute Gasteiger partial charge is 0.335 e. The van der Waals surface area contributed by atoms with Gasteiger partial charge in [-0.1, -0.05) is 6.42 Å². The van der Waals surface area contributed by atoms with Gasteiger partial charge in [-0.3, -0.25) is 4.72 Å². The van der Waals surface area contributed by atoms with E-state index in [4.69, 9.17) is 5.11 Å². The summed E-state index contributed by atoms with van der Waals surface area (Å²) < 4.78 is 28.1. The van der Waals surface area contributed by atoms with Crippen LogP contribution in [0.25, 0.3) is 10.9 Å². The molecule has 7 heteroatoms. The molecular weight excluding hydrogens is 364 g/mol. The van der Waals surface area contributed by atoms with Crippen LogP contribution in [0, 0.1) is 0 Å². The number of hydrogen-bond acceptors (Lipinski definition) is 3. The summed E-state index contributed by atoms with van der Waals surface area (Å²) in [5.74, 6) is -1.05. The molecule has 1 aliphatic carbocycles. The van der Waals surface area contributed by atoms with Crippen LogP contribution in [0.3, 0.4) is 0 Å². The Balaban J connectivity index is 1.67. The number of aromatic amines is 1. The molecule has 3 N–H and O–H groups in total. The molecule has 140 valence electrons. The Hall–Kier alpha value is -2.80. The Morgan fingerprint density at radius 2 is 1.74 bits per heavy atom. The van der Waals surface area contributed by atoms with Crippen molar-refractivity contribution in [3.63, 3.8) is 0 Å². The first-order valence-electron chi connectivity index (χ1n) is 8.94. The molecule has 4 rings (SSSR count). The Morgan fingerprint density at radius 1 is 1.00 bits per heavy atom. The number of fused-ring (bicyclic) bond motifs is 3. The molecule has 0 saturated carbocycles. The van der Waals surface area contributed by atoms with Gasteiger partial charge in [-0.25, -0.2) is 13.2 Å². The summed E-state index contributed by atoms with van der Waals surface area (Å²) in [6, 6.07) is 10.8. The minimum atomic E-state index is -3.76. The zero-order valence-corrected chi connectivity index (χ0v) is 15.5. The summed E-state index contributed by atoms with van der Waals surface area (Å²) in [5, 5.41) is 9.91. The van der Waals surface area contributed by atoms with E-state index in [1.54, 1.807) is 12.1 Å². The molecule has 1 heterocycles. The largest absolute Gasteiger partial charge is 0.478 e. The second-order valence-electron chi connectivity index (χ2n) is 6.84. The molecule has 2 aromatic carbocycles. The highest BCUT2D eigenvalue weighted by Crippen LogP contribution is 2.30. The summed E-state index contributed by atoms with van der Waals surface area (Å²) in [4.78, 5) is 14.5. The van der Waals surface area contributed by atoms with Crippen molar-refractivity contribution < 1.29 is 18.3 Å². The maximum Gasteiger partial charge on any atom is 0.335 e. The lowest BCUT2D eigenvalue weighted by Gasteiger charge is -2.09. The van der Waals surface area contributed by atoms with E-state index in [1.165, 1.54) is 41.9 Å². The number of sulfonamides is 1. The lowest BCUT2D eigenvalue weighted by atomic mass is 10.1. The predicted molar refractivity (Wildman–Crippen MR) is 104 cm³/mol. The topological polar surface area (TPSA) is 99.3 Å². The third-order valence-electron chi connectivity index (χ3n) is 5.01. The minimum absolute atomic E-state index is 0.106. The van der Waals surface area contributed by atoms with Crippen LogP contribution in [-0.2, 0) is 22.9 Å². The molecule has 3 aromatic rings. The first kappa shape index (κ1) is 17.6. The Bertz CT molecular complexity index is 1110. The van der Waals surface area contributed by atoms with Crippen molar-refractivity contribution >= 4 is 32.6 Å². The van der Waals surface area contributed by atoms with Crippen LogP contribution in [0.2, 0.25) is 0 Å². The number of carboxylic acids is 1. The van der Waals surface area contributed by atoms with Gasteiger partial charge >= 0.3 is 5.97 Å². The van der Waals surface area contributed by atoms with E-state index in [0.29, 0.717) is 5.69 Å². The van der Waals surface area contributed by atoms with Gasteiger partial charge in [-0.2, -0.15) is 0 Å². The monoisotopic (exact) mass is 384 g/mol. The number of aromatic carboxylic acids is 1. The van der Waals surface area contributed by atoms with Crippen molar-refractivity contribution in [3.8, 4) is 0 Å². The lowest BCUT2D eigenvalue weighted by molar-refractivity contribution is 0.0697. The lowest BCUT2D eigenvalue weighted by Crippen LogP contribution is -2.13.